The van der Waals surface area contributed by atoms with Crippen LogP contribution in [-0.2, 0) is 9.84 Å². The van der Waals surface area contributed by atoms with E-state index in [2.05, 4.69) is 15.9 Å². The minimum Gasteiger partial charge on any atom is -0.415 e. The first-order valence-corrected chi connectivity index (χ1v) is 9.42. The number of sulfone groups is 1. The Hall–Kier alpha value is -2.19. The van der Waals surface area contributed by atoms with Gasteiger partial charge < -0.3 is 4.42 Å². The van der Waals surface area contributed by atoms with Gasteiger partial charge in [-0.3, -0.25) is 0 Å². The summed E-state index contributed by atoms with van der Waals surface area (Å²) in [5, 5.41) is 0. The first-order valence-electron chi connectivity index (χ1n) is 6.74. The van der Waals surface area contributed by atoms with E-state index >= 15 is 0 Å². The summed E-state index contributed by atoms with van der Waals surface area (Å²) in [5.41, 5.74) is 1.17. The van der Waals surface area contributed by atoms with Crippen molar-refractivity contribution in [2.75, 3.05) is 6.26 Å². The molecule has 0 aliphatic heterocycles. The highest BCUT2D eigenvalue weighted by molar-refractivity contribution is 9.10. The highest BCUT2D eigenvalue weighted by Crippen LogP contribution is 2.26. The number of oxazole rings is 1. The van der Waals surface area contributed by atoms with Crippen LogP contribution in [0.1, 0.15) is 0 Å². The molecule has 0 bridgehead atoms. The number of rotatable bonds is 3. The molecule has 8 heteroatoms. The summed E-state index contributed by atoms with van der Waals surface area (Å²) < 4.78 is 44.1. The maximum atomic E-state index is 14.1. The molecule has 0 radical (unpaired) electrons. The molecule has 1 heterocycles. The van der Waals surface area contributed by atoms with Gasteiger partial charge in [0.1, 0.15) is 17.0 Å². The zero-order chi connectivity index (χ0) is 17.5. The molecule has 0 atom stereocenters. The normalized spacial score (nSPS) is 11.6. The van der Waals surface area contributed by atoms with Gasteiger partial charge >= 0.3 is 5.76 Å². The van der Waals surface area contributed by atoms with E-state index in [0.29, 0.717) is 16.9 Å². The molecule has 0 spiro atoms. The van der Waals surface area contributed by atoms with Gasteiger partial charge in [0, 0.05) is 16.3 Å². The molecule has 1 aromatic heterocycles. The van der Waals surface area contributed by atoms with Crippen LogP contribution in [0.2, 0.25) is 0 Å². The van der Waals surface area contributed by atoms with E-state index in [1.807, 2.05) is 0 Å². The van der Waals surface area contributed by atoms with Gasteiger partial charge in [0.05, 0.1) is 11.4 Å². The predicted octanol–water partition coefficient (Wildman–Crippen LogP) is 3.40. The van der Waals surface area contributed by atoms with Gasteiger partial charge in [-0.15, -0.1) is 0 Å². The molecular formula is C16H11BrFNO4S. The van der Waals surface area contributed by atoms with E-state index in [9.17, 15) is 17.6 Å². The van der Waals surface area contributed by atoms with Gasteiger partial charge in [-0.1, -0.05) is 28.1 Å². The van der Waals surface area contributed by atoms with Gasteiger partial charge in [-0.25, -0.2) is 22.2 Å². The van der Waals surface area contributed by atoms with Crippen molar-refractivity contribution in [2.24, 2.45) is 0 Å². The minimum atomic E-state index is -3.67. The molecule has 0 N–H and O–H groups in total. The van der Waals surface area contributed by atoms with Crippen molar-refractivity contribution in [1.82, 2.24) is 4.57 Å². The third kappa shape index (κ3) is 3.07. The van der Waals surface area contributed by atoms with Gasteiger partial charge in [0.15, 0.2) is 9.84 Å². The molecule has 24 heavy (non-hydrogen) atoms. The maximum Gasteiger partial charge on any atom is 0.424 e. The van der Waals surface area contributed by atoms with Crippen LogP contribution in [-0.4, -0.2) is 19.2 Å². The number of hydrogen-bond acceptors (Lipinski definition) is 4. The average molecular weight is 412 g/mol. The van der Waals surface area contributed by atoms with Crippen LogP contribution in [0.15, 0.2) is 67.3 Å². The molecular weight excluding hydrogens is 401 g/mol. The molecule has 0 unspecified atom stereocenters. The lowest BCUT2D eigenvalue weighted by atomic mass is 10.1. The molecule has 3 aromatic rings. The van der Waals surface area contributed by atoms with Gasteiger partial charge in [-0.2, -0.15) is 0 Å². The van der Waals surface area contributed by atoms with Crippen molar-refractivity contribution in [3.05, 3.63) is 69.6 Å². The van der Waals surface area contributed by atoms with Gasteiger partial charge in [0.25, 0.3) is 0 Å². The Kier molecular flexibility index (Phi) is 4.18. The molecule has 5 nitrogen and oxygen atoms in total. The van der Waals surface area contributed by atoms with Crippen LogP contribution in [0.5, 0.6) is 0 Å². The van der Waals surface area contributed by atoms with Crippen molar-refractivity contribution < 1.29 is 17.2 Å². The number of benzene rings is 2. The topological polar surface area (TPSA) is 69.3 Å². The van der Waals surface area contributed by atoms with E-state index in [-0.39, 0.29) is 0 Å². The average Bonchev–Trinajstić information content (AvgIpc) is 2.87. The molecule has 0 amide bonds. The lowest BCUT2D eigenvalue weighted by Gasteiger charge is -2.08. The van der Waals surface area contributed by atoms with Crippen molar-refractivity contribution in [2.45, 2.75) is 4.90 Å². The second-order valence-electron chi connectivity index (χ2n) is 5.12. The largest absolute Gasteiger partial charge is 0.424 e. The van der Waals surface area contributed by atoms with E-state index in [4.69, 9.17) is 4.42 Å². The SMILES string of the molecule is CS(=O)(=O)c1ccc(-c2coc(=O)n2-c2cccc(Br)c2)cc1F. The molecule has 124 valence electrons. The molecule has 3 rings (SSSR count). The van der Waals surface area contributed by atoms with Crippen molar-refractivity contribution in [1.29, 1.82) is 0 Å². The lowest BCUT2D eigenvalue weighted by molar-refractivity contribution is 0.504. The lowest BCUT2D eigenvalue weighted by Crippen LogP contribution is -2.13. The zero-order valence-corrected chi connectivity index (χ0v) is 14.8. The second kappa shape index (κ2) is 6.03. The fraction of sp³-hybridized carbons (Fsp3) is 0.0625. The number of halogens is 2. The zero-order valence-electron chi connectivity index (χ0n) is 12.4. The first-order chi connectivity index (χ1) is 11.3. The Labute approximate surface area is 145 Å². The van der Waals surface area contributed by atoms with Crippen molar-refractivity contribution >= 4 is 25.8 Å². The maximum absolute atomic E-state index is 14.1. The predicted molar refractivity (Wildman–Crippen MR) is 90.5 cm³/mol. The first kappa shape index (κ1) is 16.7. The number of hydrogen-bond donors (Lipinski definition) is 0. The summed E-state index contributed by atoms with van der Waals surface area (Å²) in [6.07, 6.45) is 2.14. The van der Waals surface area contributed by atoms with E-state index in [0.717, 1.165) is 16.8 Å². The summed E-state index contributed by atoms with van der Waals surface area (Å²) in [5.74, 6) is -1.51. The smallest absolute Gasteiger partial charge is 0.415 e. The van der Waals surface area contributed by atoms with Crippen LogP contribution in [0.25, 0.3) is 16.9 Å². The summed E-state index contributed by atoms with van der Waals surface area (Å²) >= 11 is 3.32. The molecule has 2 aromatic carbocycles. The molecule has 0 saturated heterocycles. The Morgan fingerprint density at radius 3 is 2.54 bits per heavy atom. The Bertz CT molecular complexity index is 1090. The summed E-state index contributed by atoms with van der Waals surface area (Å²) in [6, 6.07) is 10.6. The number of aromatic nitrogens is 1. The summed E-state index contributed by atoms with van der Waals surface area (Å²) in [6.45, 7) is 0. The monoisotopic (exact) mass is 411 g/mol. The second-order valence-corrected chi connectivity index (χ2v) is 8.02. The number of nitrogens with zero attached hydrogens (tertiary/aromatic N) is 1. The third-order valence-electron chi connectivity index (χ3n) is 3.39. The minimum absolute atomic E-state index is 0.317. The highest BCUT2D eigenvalue weighted by Gasteiger charge is 2.18. The van der Waals surface area contributed by atoms with Gasteiger partial charge in [-0.05, 0) is 30.3 Å². The fourth-order valence-electron chi connectivity index (χ4n) is 2.33. The van der Waals surface area contributed by atoms with Crippen LogP contribution < -0.4 is 5.76 Å². The van der Waals surface area contributed by atoms with Crippen molar-refractivity contribution in [3.63, 3.8) is 0 Å². The fourth-order valence-corrected chi connectivity index (χ4v) is 3.44. The highest BCUT2D eigenvalue weighted by atomic mass is 79.9. The van der Waals surface area contributed by atoms with Crippen LogP contribution in [0.3, 0.4) is 0 Å². The molecule has 0 fully saturated rings. The standard InChI is InChI=1S/C16H11BrFNO4S/c1-24(21,22)15-6-5-10(7-13(15)18)14-9-23-16(20)19(14)12-4-2-3-11(17)8-12/h2-9H,1H3. The van der Waals surface area contributed by atoms with Crippen LogP contribution in [0.4, 0.5) is 4.39 Å². The molecule has 0 aliphatic carbocycles. The Morgan fingerprint density at radius 2 is 1.92 bits per heavy atom. The summed E-state index contributed by atoms with van der Waals surface area (Å²) in [4.78, 5) is 11.6. The van der Waals surface area contributed by atoms with Crippen LogP contribution in [0, 0.1) is 5.82 Å². The van der Waals surface area contributed by atoms with E-state index in [1.54, 1.807) is 24.3 Å². The van der Waals surface area contributed by atoms with E-state index < -0.39 is 26.3 Å². The third-order valence-corrected chi connectivity index (χ3v) is 5.01. The summed E-state index contributed by atoms with van der Waals surface area (Å²) in [7, 11) is -3.67. The van der Waals surface area contributed by atoms with Crippen LogP contribution >= 0.6 is 15.9 Å². The Morgan fingerprint density at radius 1 is 1.17 bits per heavy atom. The quantitative estimate of drug-likeness (QED) is 0.661. The van der Waals surface area contributed by atoms with Crippen molar-refractivity contribution in [3.8, 4) is 16.9 Å². The van der Waals surface area contributed by atoms with Gasteiger partial charge in [0.2, 0.25) is 0 Å². The van der Waals surface area contributed by atoms with E-state index in [1.165, 1.54) is 23.0 Å². The molecule has 0 aliphatic rings. The Balaban J connectivity index is 2.19. The molecule has 0 saturated carbocycles.